The molecule has 0 saturated heterocycles. The van der Waals surface area contributed by atoms with Crippen molar-refractivity contribution in [3.8, 4) is 0 Å². The van der Waals surface area contributed by atoms with Gasteiger partial charge in [0.25, 0.3) is 0 Å². The summed E-state index contributed by atoms with van der Waals surface area (Å²) in [6.07, 6.45) is 6.62. The lowest BCUT2D eigenvalue weighted by molar-refractivity contribution is -0.143. The van der Waals surface area contributed by atoms with Crippen LogP contribution in [0.5, 0.6) is 0 Å². The molecule has 0 aromatic carbocycles. The van der Waals surface area contributed by atoms with Crippen LogP contribution in [0.3, 0.4) is 0 Å². The van der Waals surface area contributed by atoms with E-state index < -0.39 is 5.97 Å². The molecule has 0 bridgehead atoms. The van der Waals surface area contributed by atoms with E-state index in [9.17, 15) is 4.79 Å². The van der Waals surface area contributed by atoms with Crippen LogP contribution in [0, 0.1) is 17.3 Å². The molecule has 0 aromatic rings. The molecule has 0 spiro atoms. The number of carboxylic acids is 1. The monoisotopic (exact) mass is 182 g/mol. The van der Waals surface area contributed by atoms with Crippen LogP contribution in [0.25, 0.3) is 0 Å². The van der Waals surface area contributed by atoms with E-state index in [4.69, 9.17) is 5.11 Å². The van der Waals surface area contributed by atoms with E-state index in [2.05, 4.69) is 6.92 Å². The third-order valence-electron chi connectivity index (χ3n) is 3.81. The summed E-state index contributed by atoms with van der Waals surface area (Å²) in [4.78, 5) is 10.9. The maximum absolute atomic E-state index is 10.9. The first-order chi connectivity index (χ1) is 6.14. The van der Waals surface area contributed by atoms with Gasteiger partial charge >= 0.3 is 5.97 Å². The van der Waals surface area contributed by atoms with Crippen molar-refractivity contribution < 1.29 is 9.90 Å². The maximum Gasteiger partial charge on any atom is 0.309 e. The molecule has 1 N–H and O–H groups in total. The Morgan fingerprint density at radius 2 is 2.15 bits per heavy atom. The fraction of sp³-hybridized carbons (Fsp3) is 0.909. The molecular formula is C11H18O2. The van der Waals surface area contributed by atoms with E-state index in [1.807, 2.05) is 0 Å². The molecule has 0 heterocycles. The van der Waals surface area contributed by atoms with Gasteiger partial charge in [0, 0.05) is 0 Å². The van der Waals surface area contributed by atoms with Crippen LogP contribution < -0.4 is 0 Å². The lowest BCUT2D eigenvalue weighted by atomic mass is 9.92. The summed E-state index contributed by atoms with van der Waals surface area (Å²) in [7, 11) is 0. The molecule has 2 saturated carbocycles. The lowest BCUT2D eigenvalue weighted by Crippen LogP contribution is -2.16. The zero-order chi connectivity index (χ0) is 9.47. The summed E-state index contributed by atoms with van der Waals surface area (Å²) in [5.41, 5.74) is -0.289. The van der Waals surface area contributed by atoms with Gasteiger partial charge in [-0.2, -0.15) is 0 Å². The van der Waals surface area contributed by atoms with Gasteiger partial charge in [-0.3, -0.25) is 4.79 Å². The van der Waals surface area contributed by atoms with Gasteiger partial charge in [0.1, 0.15) is 0 Å². The van der Waals surface area contributed by atoms with Gasteiger partial charge in [0.05, 0.1) is 5.41 Å². The largest absolute Gasteiger partial charge is 0.481 e. The second-order valence-corrected chi connectivity index (χ2v) is 4.94. The van der Waals surface area contributed by atoms with Gasteiger partial charge in [-0.25, -0.2) is 0 Å². The van der Waals surface area contributed by atoms with E-state index in [0.717, 1.165) is 37.5 Å². The first-order valence-electron chi connectivity index (χ1n) is 5.37. The van der Waals surface area contributed by atoms with Gasteiger partial charge in [-0.05, 0) is 50.4 Å². The maximum atomic E-state index is 10.9. The summed E-state index contributed by atoms with van der Waals surface area (Å²) in [5, 5.41) is 8.97. The third kappa shape index (κ3) is 1.87. The number of hydrogen-bond donors (Lipinski definition) is 1. The Balaban J connectivity index is 1.75. The predicted molar refractivity (Wildman–Crippen MR) is 50.4 cm³/mol. The molecule has 1 atom stereocenters. The Bertz CT molecular complexity index is 214. The average Bonchev–Trinajstić information content (AvgIpc) is 2.94. The Morgan fingerprint density at radius 3 is 2.54 bits per heavy atom. The zero-order valence-corrected chi connectivity index (χ0v) is 8.25. The fourth-order valence-corrected chi connectivity index (χ4v) is 2.13. The second kappa shape index (κ2) is 3.00. The smallest absolute Gasteiger partial charge is 0.309 e. The Hall–Kier alpha value is -0.530. The minimum absolute atomic E-state index is 0.289. The second-order valence-electron chi connectivity index (χ2n) is 4.94. The first kappa shape index (κ1) is 9.04. The number of aliphatic carboxylic acids is 1. The van der Waals surface area contributed by atoms with E-state index in [-0.39, 0.29) is 5.41 Å². The Kier molecular flexibility index (Phi) is 2.09. The molecule has 2 aliphatic carbocycles. The zero-order valence-electron chi connectivity index (χ0n) is 8.25. The van der Waals surface area contributed by atoms with Crippen molar-refractivity contribution in [2.75, 3.05) is 0 Å². The van der Waals surface area contributed by atoms with Crippen LogP contribution >= 0.6 is 0 Å². The molecule has 1 unspecified atom stereocenters. The standard InChI is InChI=1S/C11H18O2/c1-8(9-2-3-9)4-5-11(6-7-11)10(12)13/h8-9H,2-7H2,1H3,(H,12,13). The van der Waals surface area contributed by atoms with Gasteiger partial charge < -0.3 is 5.11 Å². The number of carbonyl (C=O) groups is 1. The summed E-state index contributed by atoms with van der Waals surface area (Å²) in [6, 6.07) is 0. The predicted octanol–water partition coefficient (Wildman–Crippen LogP) is 2.68. The highest BCUT2D eigenvalue weighted by Gasteiger charge is 2.49. The molecule has 0 aromatic heterocycles. The average molecular weight is 182 g/mol. The summed E-state index contributed by atoms with van der Waals surface area (Å²) in [5.74, 6) is 1.12. The van der Waals surface area contributed by atoms with Crippen LogP contribution in [0.15, 0.2) is 0 Å². The van der Waals surface area contributed by atoms with Crippen LogP contribution in [0.4, 0.5) is 0 Å². The molecule has 13 heavy (non-hydrogen) atoms. The van der Waals surface area contributed by atoms with Crippen molar-refractivity contribution in [3.05, 3.63) is 0 Å². The Labute approximate surface area is 79.3 Å². The van der Waals surface area contributed by atoms with Crippen molar-refractivity contribution in [2.45, 2.75) is 45.4 Å². The SMILES string of the molecule is CC(CCC1(C(=O)O)CC1)C1CC1. The topological polar surface area (TPSA) is 37.3 Å². The molecule has 2 rings (SSSR count). The van der Waals surface area contributed by atoms with Crippen LogP contribution in [0.2, 0.25) is 0 Å². The van der Waals surface area contributed by atoms with Crippen LogP contribution in [-0.2, 0) is 4.79 Å². The molecule has 0 amide bonds. The van der Waals surface area contributed by atoms with Crippen LogP contribution in [0.1, 0.15) is 45.4 Å². The number of hydrogen-bond acceptors (Lipinski definition) is 1. The summed E-state index contributed by atoms with van der Waals surface area (Å²) >= 11 is 0. The van der Waals surface area contributed by atoms with Crippen molar-refractivity contribution >= 4 is 5.97 Å². The fourth-order valence-electron chi connectivity index (χ4n) is 2.13. The highest BCUT2D eigenvalue weighted by Crippen LogP contribution is 2.51. The summed E-state index contributed by atoms with van der Waals surface area (Å²) < 4.78 is 0. The van der Waals surface area contributed by atoms with Gasteiger partial charge in [0.2, 0.25) is 0 Å². The molecule has 2 fully saturated rings. The van der Waals surface area contributed by atoms with E-state index in [1.54, 1.807) is 0 Å². The molecule has 2 aliphatic rings. The van der Waals surface area contributed by atoms with Gasteiger partial charge in [-0.1, -0.05) is 6.92 Å². The van der Waals surface area contributed by atoms with Crippen molar-refractivity contribution in [3.63, 3.8) is 0 Å². The quantitative estimate of drug-likeness (QED) is 0.709. The normalized spacial score (nSPS) is 26.8. The number of carboxylic acid groups (broad SMARTS) is 1. The van der Waals surface area contributed by atoms with Gasteiger partial charge in [-0.15, -0.1) is 0 Å². The molecule has 2 heteroatoms. The van der Waals surface area contributed by atoms with Crippen LogP contribution in [-0.4, -0.2) is 11.1 Å². The third-order valence-corrected chi connectivity index (χ3v) is 3.81. The molecule has 74 valence electrons. The molecular weight excluding hydrogens is 164 g/mol. The minimum Gasteiger partial charge on any atom is -0.481 e. The van der Waals surface area contributed by atoms with E-state index in [0.29, 0.717) is 0 Å². The molecule has 0 aliphatic heterocycles. The van der Waals surface area contributed by atoms with E-state index >= 15 is 0 Å². The lowest BCUT2D eigenvalue weighted by Gasteiger charge is -2.13. The summed E-state index contributed by atoms with van der Waals surface area (Å²) in [6.45, 7) is 2.27. The van der Waals surface area contributed by atoms with E-state index in [1.165, 1.54) is 12.8 Å². The first-order valence-corrected chi connectivity index (χ1v) is 5.37. The van der Waals surface area contributed by atoms with Crippen molar-refractivity contribution in [1.82, 2.24) is 0 Å². The Morgan fingerprint density at radius 1 is 1.54 bits per heavy atom. The van der Waals surface area contributed by atoms with Crippen molar-refractivity contribution in [1.29, 1.82) is 0 Å². The number of rotatable bonds is 5. The van der Waals surface area contributed by atoms with Crippen molar-refractivity contribution in [2.24, 2.45) is 17.3 Å². The highest BCUT2D eigenvalue weighted by molar-refractivity contribution is 5.77. The highest BCUT2D eigenvalue weighted by atomic mass is 16.4. The van der Waals surface area contributed by atoms with Gasteiger partial charge in [0.15, 0.2) is 0 Å². The molecule has 0 radical (unpaired) electrons. The molecule has 2 nitrogen and oxygen atoms in total. The minimum atomic E-state index is -0.560.